The van der Waals surface area contributed by atoms with Gasteiger partial charge in [0.1, 0.15) is 0 Å². The molecule has 0 atom stereocenters. The van der Waals surface area contributed by atoms with E-state index in [1.54, 1.807) is 36.4 Å². The highest BCUT2D eigenvalue weighted by Crippen LogP contribution is 2.16. The van der Waals surface area contributed by atoms with Crippen LogP contribution in [0.15, 0.2) is 47.5 Å². The molecule has 1 amide bonds. The molecule has 7 heteroatoms. The number of carboxylic acid groups (broad SMARTS) is 1. The van der Waals surface area contributed by atoms with Gasteiger partial charge in [-0.15, -0.1) is 0 Å². The van der Waals surface area contributed by atoms with E-state index in [0.29, 0.717) is 17.8 Å². The fourth-order valence-electron chi connectivity index (χ4n) is 2.43. The maximum atomic E-state index is 12.3. The molecular weight excluding hydrogens is 320 g/mol. The molecule has 2 aromatic rings. The average Bonchev–Trinajstić information content (AvgIpc) is 2.54. The highest BCUT2D eigenvalue weighted by molar-refractivity contribution is 5.95. The molecule has 0 unspecified atom stereocenters. The number of nitrogens with one attached hydrogen (secondary N) is 1. The monoisotopic (exact) mass is 340 g/mol. The third-order valence-electron chi connectivity index (χ3n) is 3.71. The van der Waals surface area contributed by atoms with E-state index in [9.17, 15) is 9.59 Å². The second-order valence-corrected chi connectivity index (χ2v) is 5.54. The molecule has 0 saturated carbocycles. The summed E-state index contributed by atoms with van der Waals surface area (Å²) in [4.78, 5) is 27.1. The first-order chi connectivity index (χ1) is 11.9. The lowest BCUT2D eigenvalue weighted by Gasteiger charge is -2.11. The first kappa shape index (κ1) is 18.0. The van der Waals surface area contributed by atoms with E-state index in [2.05, 4.69) is 10.3 Å². The first-order valence-corrected chi connectivity index (χ1v) is 7.64. The number of nitrogens with zero attached hydrogens (tertiary/aromatic N) is 1. The third kappa shape index (κ3) is 5.07. The smallest absolute Gasteiger partial charge is 0.307 e. The maximum Gasteiger partial charge on any atom is 0.307 e. The number of carbonyl (C=O) groups excluding carboxylic acids is 1. The fourth-order valence-corrected chi connectivity index (χ4v) is 2.43. The summed E-state index contributed by atoms with van der Waals surface area (Å²) in [5.41, 5.74) is 14.1. The molecule has 0 bridgehead atoms. The Morgan fingerprint density at radius 3 is 2.48 bits per heavy atom. The quantitative estimate of drug-likeness (QED) is 0.467. The normalized spacial score (nSPS) is 10.1. The van der Waals surface area contributed by atoms with Crippen molar-refractivity contribution in [3.8, 4) is 0 Å². The van der Waals surface area contributed by atoms with Gasteiger partial charge in [-0.2, -0.15) is 0 Å². The molecular formula is C18H20N4O3. The minimum absolute atomic E-state index is 0.0474. The summed E-state index contributed by atoms with van der Waals surface area (Å²) in [5, 5.41) is 11.8. The summed E-state index contributed by atoms with van der Waals surface area (Å²) in [6.07, 6.45) is -0.0474. The predicted octanol–water partition coefficient (Wildman–Crippen LogP) is 1.46. The van der Waals surface area contributed by atoms with Crippen molar-refractivity contribution >= 4 is 23.5 Å². The Bertz CT molecular complexity index is 827. The summed E-state index contributed by atoms with van der Waals surface area (Å²) in [5.74, 6) is -1.24. The maximum absolute atomic E-state index is 12.3. The molecule has 25 heavy (non-hydrogen) atoms. The lowest BCUT2D eigenvalue weighted by Crippen LogP contribution is -2.23. The number of rotatable bonds is 6. The average molecular weight is 340 g/mol. The number of hydrogen-bond donors (Lipinski definition) is 4. The number of benzene rings is 2. The summed E-state index contributed by atoms with van der Waals surface area (Å²) in [6.45, 7) is 2.14. The van der Waals surface area contributed by atoms with Crippen molar-refractivity contribution in [2.75, 3.05) is 0 Å². The van der Waals surface area contributed by atoms with Gasteiger partial charge in [0, 0.05) is 12.1 Å². The highest BCUT2D eigenvalue weighted by Gasteiger charge is 2.10. The van der Waals surface area contributed by atoms with E-state index < -0.39 is 5.97 Å². The van der Waals surface area contributed by atoms with Crippen molar-refractivity contribution in [3.63, 3.8) is 0 Å². The topological polar surface area (TPSA) is 131 Å². The molecule has 0 spiro atoms. The standard InChI is InChI=1S/C18H20N4O3/c1-11-12(9-16(23)24)4-2-6-14(11)10-21-17(25)13-5-3-7-15(8-13)22-18(19)20/h2-8H,9-10H2,1H3,(H,21,25)(H,23,24)(H4,19,20,22). The number of carboxylic acids is 1. The van der Waals surface area contributed by atoms with Crippen LogP contribution in [-0.2, 0) is 17.8 Å². The summed E-state index contributed by atoms with van der Waals surface area (Å²) < 4.78 is 0. The molecule has 0 aliphatic rings. The molecule has 6 N–H and O–H groups in total. The zero-order valence-electron chi connectivity index (χ0n) is 13.8. The molecule has 0 aliphatic carbocycles. The van der Waals surface area contributed by atoms with Crippen LogP contribution in [0.3, 0.4) is 0 Å². The number of amides is 1. The molecule has 2 rings (SSSR count). The van der Waals surface area contributed by atoms with Crippen LogP contribution in [0.2, 0.25) is 0 Å². The lowest BCUT2D eigenvalue weighted by atomic mass is 10.00. The van der Waals surface area contributed by atoms with Crippen molar-refractivity contribution in [2.24, 2.45) is 16.5 Å². The Labute approximate surface area is 145 Å². The molecule has 130 valence electrons. The fraction of sp³-hybridized carbons (Fsp3) is 0.167. The van der Waals surface area contributed by atoms with Gasteiger partial charge in [-0.3, -0.25) is 9.59 Å². The Hall–Kier alpha value is -3.35. The van der Waals surface area contributed by atoms with Crippen LogP contribution in [0.5, 0.6) is 0 Å². The Morgan fingerprint density at radius 1 is 1.12 bits per heavy atom. The van der Waals surface area contributed by atoms with Gasteiger partial charge in [-0.25, -0.2) is 4.99 Å². The predicted molar refractivity (Wildman–Crippen MR) is 95.6 cm³/mol. The van der Waals surface area contributed by atoms with E-state index in [1.807, 2.05) is 13.0 Å². The van der Waals surface area contributed by atoms with Gasteiger partial charge < -0.3 is 21.9 Å². The van der Waals surface area contributed by atoms with Crippen LogP contribution in [0.4, 0.5) is 5.69 Å². The third-order valence-corrected chi connectivity index (χ3v) is 3.71. The summed E-state index contributed by atoms with van der Waals surface area (Å²) in [6, 6.07) is 12.0. The van der Waals surface area contributed by atoms with Gasteiger partial charge in [-0.05, 0) is 41.8 Å². The first-order valence-electron chi connectivity index (χ1n) is 7.64. The summed E-state index contributed by atoms with van der Waals surface area (Å²) >= 11 is 0. The molecule has 0 fully saturated rings. The van der Waals surface area contributed by atoms with Crippen molar-refractivity contribution < 1.29 is 14.7 Å². The van der Waals surface area contributed by atoms with Crippen molar-refractivity contribution in [3.05, 3.63) is 64.7 Å². The molecule has 0 heterocycles. The van der Waals surface area contributed by atoms with Gasteiger partial charge >= 0.3 is 5.97 Å². The van der Waals surface area contributed by atoms with Gasteiger partial charge in [0.25, 0.3) is 5.91 Å². The number of hydrogen-bond acceptors (Lipinski definition) is 3. The number of aliphatic carboxylic acids is 1. The van der Waals surface area contributed by atoms with Crippen molar-refractivity contribution in [1.29, 1.82) is 0 Å². The molecule has 0 saturated heterocycles. The van der Waals surface area contributed by atoms with Crippen LogP contribution < -0.4 is 16.8 Å². The molecule has 0 aliphatic heterocycles. The van der Waals surface area contributed by atoms with Gasteiger partial charge in [0.15, 0.2) is 5.96 Å². The molecule has 2 aromatic carbocycles. The van der Waals surface area contributed by atoms with E-state index in [-0.39, 0.29) is 18.3 Å². The number of aliphatic imine (C=N–C) groups is 1. The molecule has 7 nitrogen and oxygen atoms in total. The van der Waals surface area contributed by atoms with E-state index in [1.165, 1.54) is 0 Å². The van der Waals surface area contributed by atoms with Crippen molar-refractivity contribution in [1.82, 2.24) is 5.32 Å². The highest BCUT2D eigenvalue weighted by atomic mass is 16.4. The van der Waals surface area contributed by atoms with Gasteiger partial charge in [-0.1, -0.05) is 24.3 Å². The van der Waals surface area contributed by atoms with Gasteiger partial charge in [0.05, 0.1) is 12.1 Å². The summed E-state index contributed by atoms with van der Waals surface area (Å²) in [7, 11) is 0. The molecule has 0 aromatic heterocycles. The van der Waals surface area contributed by atoms with Gasteiger partial charge in [0.2, 0.25) is 0 Å². The number of nitrogens with two attached hydrogens (primary N) is 2. The van der Waals surface area contributed by atoms with E-state index in [0.717, 1.165) is 16.7 Å². The second kappa shape index (κ2) is 7.96. The number of guanidine groups is 1. The minimum Gasteiger partial charge on any atom is -0.481 e. The largest absolute Gasteiger partial charge is 0.481 e. The van der Waals surface area contributed by atoms with Crippen LogP contribution >= 0.6 is 0 Å². The SMILES string of the molecule is Cc1c(CNC(=O)c2cccc(N=C(N)N)c2)cccc1CC(=O)O. The molecule has 0 radical (unpaired) electrons. The minimum atomic E-state index is -0.888. The Morgan fingerprint density at radius 2 is 1.80 bits per heavy atom. The number of carbonyl (C=O) groups is 2. The Balaban J connectivity index is 2.10. The lowest BCUT2D eigenvalue weighted by molar-refractivity contribution is -0.136. The van der Waals surface area contributed by atoms with Crippen LogP contribution in [0.1, 0.15) is 27.0 Å². The van der Waals surface area contributed by atoms with Crippen LogP contribution in [-0.4, -0.2) is 22.9 Å². The second-order valence-electron chi connectivity index (χ2n) is 5.54. The zero-order valence-corrected chi connectivity index (χ0v) is 13.8. The van der Waals surface area contributed by atoms with Crippen LogP contribution in [0.25, 0.3) is 0 Å². The zero-order chi connectivity index (χ0) is 18.4. The van der Waals surface area contributed by atoms with Crippen LogP contribution in [0, 0.1) is 6.92 Å². The van der Waals surface area contributed by atoms with Crippen molar-refractivity contribution in [2.45, 2.75) is 19.9 Å². The van der Waals surface area contributed by atoms with E-state index in [4.69, 9.17) is 16.6 Å². The van der Waals surface area contributed by atoms with E-state index >= 15 is 0 Å². The Kier molecular flexibility index (Phi) is 5.73.